The van der Waals surface area contributed by atoms with Gasteiger partial charge in [0.15, 0.2) is 0 Å². The maximum Gasteiger partial charge on any atom is 0.303 e. The first kappa shape index (κ1) is 21.1. The number of ether oxygens (including phenoxy) is 1. The number of hydrogen-bond donors (Lipinski definition) is 1. The van der Waals surface area contributed by atoms with E-state index in [4.69, 9.17) is 9.73 Å². The molecule has 0 spiro atoms. The molecule has 1 saturated heterocycles. The Morgan fingerprint density at radius 3 is 2.71 bits per heavy atom. The van der Waals surface area contributed by atoms with Gasteiger partial charge in [0.1, 0.15) is 5.75 Å². The minimum Gasteiger partial charge on any atom is -0.496 e. The van der Waals surface area contributed by atoms with Gasteiger partial charge in [0.2, 0.25) is 0 Å². The molecule has 2 aliphatic heterocycles. The highest BCUT2D eigenvalue weighted by Crippen LogP contribution is 2.33. The van der Waals surface area contributed by atoms with Crippen molar-refractivity contribution in [3.63, 3.8) is 0 Å². The number of carboxylic acid groups (broad SMARTS) is 1. The van der Waals surface area contributed by atoms with Crippen molar-refractivity contribution < 1.29 is 19.4 Å². The van der Waals surface area contributed by atoms with Crippen molar-refractivity contribution in [3.05, 3.63) is 65.2 Å². The number of carbonyl (C=O) groups is 2. The molecule has 0 radical (unpaired) electrons. The highest BCUT2D eigenvalue weighted by molar-refractivity contribution is 6.03. The van der Waals surface area contributed by atoms with Crippen LogP contribution in [0.3, 0.4) is 0 Å². The first-order chi connectivity index (χ1) is 15.1. The maximum atomic E-state index is 13.2. The zero-order valence-electron chi connectivity index (χ0n) is 17.8. The van der Waals surface area contributed by atoms with Crippen LogP contribution < -0.4 is 4.74 Å². The lowest BCUT2D eigenvalue weighted by molar-refractivity contribution is -0.138. The molecule has 2 aromatic rings. The summed E-state index contributed by atoms with van der Waals surface area (Å²) in [5.74, 6) is -0.223. The summed E-state index contributed by atoms with van der Waals surface area (Å²) in [6, 6.07) is 15.5. The summed E-state index contributed by atoms with van der Waals surface area (Å²) in [5.41, 5.74) is 4.03. The zero-order valence-corrected chi connectivity index (χ0v) is 17.8. The first-order valence-electron chi connectivity index (χ1n) is 10.8. The zero-order chi connectivity index (χ0) is 21.8. The molecule has 0 bridgehead atoms. The van der Waals surface area contributed by atoms with E-state index in [0.717, 1.165) is 24.2 Å². The van der Waals surface area contributed by atoms with E-state index in [0.29, 0.717) is 37.2 Å². The molecule has 31 heavy (non-hydrogen) atoms. The molecule has 162 valence electrons. The molecule has 2 atom stereocenters. The second kappa shape index (κ2) is 9.33. The molecule has 6 heteroatoms. The van der Waals surface area contributed by atoms with E-state index >= 15 is 0 Å². The number of aliphatic carboxylic acids is 1. The number of likely N-dealkylation sites (tertiary alicyclic amines) is 1. The van der Waals surface area contributed by atoms with Gasteiger partial charge in [-0.3, -0.25) is 14.6 Å². The third-order valence-electron chi connectivity index (χ3n) is 6.42. The lowest BCUT2D eigenvalue weighted by Crippen LogP contribution is -2.45. The van der Waals surface area contributed by atoms with Crippen molar-refractivity contribution in [2.45, 2.75) is 25.7 Å². The van der Waals surface area contributed by atoms with Gasteiger partial charge in [-0.25, -0.2) is 0 Å². The Morgan fingerprint density at radius 1 is 1.13 bits per heavy atom. The van der Waals surface area contributed by atoms with Crippen molar-refractivity contribution in [3.8, 4) is 5.75 Å². The van der Waals surface area contributed by atoms with Gasteiger partial charge in [0.25, 0.3) is 5.91 Å². The van der Waals surface area contributed by atoms with Crippen LogP contribution in [0.25, 0.3) is 0 Å². The molecule has 6 nitrogen and oxygen atoms in total. The van der Waals surface area contributed by atoms with Gasteiger partial charge in [0.05, 0.1) is 12.7 Å². The number of methoxy groups -OCH3 is 1. The second-order valence-corrected chi connectivity index (χ2v) is 8.30. The minimum atomic E-state index is -0.787. The van der Waals surface area contributed by atoms with E-state index in [1.807, 2.05) is 29.2 Å². The number of para-hydroxylation sites is 1. The number of carbonyl (C=O) groups excluding carboxylic acids is 1. The van der Waals surface area contributed by atoms with Crippen LogP contribution in [0.2, 0.25) is 0 Å². The van der Waals surface area contributed by atoms with Gasteiger partial charge in [0, 0.05) is 31.8 Å². The monoisotopic (exact) mass is 420 g/mol. The largest absolute Gasteiger partial charge is 0.496 e. The summed E-state index contributed by atoms with van der Waals surface area (Å²) in [6.45, 7) is 1.83. The van der Waals surface area contributed by atoms with Crippen LogP contribution in [0, 0.1) is 11.8 Å². The molecular weight excluding hydrogens is 392 g/mol. The van der Waals surface area contributed by atoms with E-state index in [1.165, 1.54) is 5.56 Å². The molecule has 2 unspecified atom stereocenters. The van der Waals surface area contributed by atoms with Gasteiger partial charge >= 0.3 is 5.97 Å². The third-order valence-corrected chi connectivity index (χ3v) is 6.42. The molecule has 4 rings (SSSR count). The normalized spacial score (nSPS) is 20.5. The summed E-state index contributed by atoms with van der Waals surface area (Å²) < 4.78 is 5.37. The number of piperidine rings is 1. The number of amides is 1. The molecular formula is C25H28N2O4. The Kier molecular flexibility index (Phi) is 6.35. The fourth-order valence-corrected chi connectivity index (χ4v) is 4.82. The van der Waals surface area contributed by atoms with Crippen LogP contribution in [0.4, 0.5) is 0 Å². The van der Waals surface area contributed by atoms with Gasteiger partial charge in [-0.05, 0) is 54.4 Å². The molecule has 2 aromatic carbocycles. The number of aliphatic imine (C=N–C) groups is 1. The number of rotatable bonds is 6. The SMILES string of the molecule is COc1ccccc1C(=O)N1CCC(CC(=O)O)C(CC2=NCCc3ccccc32)C1. The van der Waals surface area contributed by atoms with Crippen molar-refractivity contribution in [1.82, 2.24) is 4.90 Å². The summed E-state index contributed by atoms with van der Waals surface area (Å²) in [6.07, 6.45) is 2.41. The Labute approximate surface area is 182 Å². The van der Waals surface area contributed by atoms with Crippen molar-refractivity contribution in [2.75, 3.05) is 26.7 Å². The smallest absolute Gasteiger partial charge is 0.303 e. The quantitative estimate of drug-likeness (QED) is 0.773. The van der Waals surface area contributed by atoms with Gasteiger partial charge in [-0.1, -0.05) is 36.4 Å². The topological polar surface area (TPSA) is 79.2 Å². The van der Waals surface area contributed by atoms with Crippen LogP contribution in [0.15, 0.2) is 53.5 Å². The molecule has 0 saturated carbocycles. The first-order valence-corrected chi connectivity index (χ1v) is 10.8. The number of nitrogens with zero attached hydrogens (tertiary/aromatic N) is 2. The summed E-state index contributed by atoms with van der Waals surface area (Å²) in [5, 5.41) is 9.44. The van der Waals surface area contributed by atoms with Gasteiger partial charge in [-0.15, -0.1) is 0 Å². The Balaban J connectivity index is 1.56. The predicted molar refractivity (Wildman–Crippen MR) is 119 cm³/mol. The fourth-order valence-electron chi connectivity index (χ4n) is 4.82. The molecule has 1 N–H and O–H groups in total. The molecule has 1 amide bonds. The van der Waals surface area contributed by atoms with E-state index in [2.05, 4.69) is 12.1 Å². The lowest BCUT2D eigenvalue weighted by atomic mass is 9.78. The van der Waals surface area contributed by atoms with Crippen LogP contribution in [0.5, 0.6) is 5.75 Å². The number of carboxylic acids is 1. The van der Waals surface area contributed by atoms with E-state index < -0.39 is 5.97 Å². The van der Waals surface area contributed by atoms with Crippen LogP contribution >= 0.6 is 0 Å². The highest BCUT2D eigenvalue weighted by atomic mass is 16.5. The molecule has 2 aliphatic rings. The Hall–Kier alpha value is -3.15. The standard InChI is InChI=1S/C25H28N2O4/c1-31-23-9-5-4-8-21(23)25(30)27-13-11-18(15-24(28)29)19(16-27)14-22-20-7-3-2-6-17(20)10-12-26-22/h2-9,18-19H,10-16H2,1H3,(H,28,29). The van der Waals surface area contributed by atoms with E-state index in [9.17, 15) is 14.7 Å². The lowest BCUT2D eigenvalue weighted by Gasteiger charge is -2.39. The van der Waals surface area contributed by atoms with Crippen molar-refractivity contribution in [1.29, 1.82) is 0 Å². The van der Waals surface area contributed by atoms with Crippen LogP contribution in [-0.2, 0) is 11.2 Å². The Morgan fingerprint density at radius 2 is 1.90 bits per heavy atom. The molecule has 0 aromatic heterocycles. The van der Waals surface area contributed by atoms with E-state index in [1.54, 1.807) is 19.2 Å². The minimum absolute atomic E-state index is 0.0241. The van der Waals surface area contributed by atoms with Crippen molar-refractivity contribution in [2.24, 2.45) is 16.8 Å². The molecule has 1 fully saturated rings. The number of benzene rings is 2. The highest BCUT2D eigenvalue weighted by Gasteiger charge is 2.35. The number of fused-ring (bicyclic) bond motifs is 1. The average molecular weight is 421 g/mol. The van der Waals surface area contributed by atoms with Crippen LogP contribution in [-0.4, -0.2) is 54.3 Å². The second-order valence-electron chi connectivity index (χ2n) is 8.30. The molecule has 0 aliphatic carbocycles. The third kappa shape index (κ3) is 4.63. The summed E-state index contributed by atoms with van der Waals surface area (Å²) >= 11 is 0. The average Bonchev–Trinajstić information content (AvgIpc) is 2.79. The predicted octanol–water partition coefficient (Wildman–Crippen LogP) is 3.68. The fraction of sp³-hybridized carbons (Fsp3) is 0.400. The summed E-state index contributed by atoms with van der Waals surface area (Å²) in [4.78, 5) is 31.4. The van der Waals surface area contributed by atoms with Gasteiger partial charge in [-0.2, -0.15) is 0 Å². The molecule has 2 heterocycles. The summed E-state index contributed by atoms with van der Waals surface area (Å²) in [7, 11) is 1.56. The maximum absolute atomic E-state index is 13.2. The Bertz CT molecular complexity index is 1000. The van der Waals surface area contributed by atoms with Crippen LogP contribution in [0.1, 0.15) is 40.7 Å². The van der Waals surface area contributed by atoms with Crippen molar-refractivity contribution >= 4 is 17.6 Å². The van der Waals surface area contributed by atoms with Gasteiger partial charge < -0.3 is 14.7 Å². The van der Waals surface area contributed by atoms with E-state index in [-0.39, 0.29) is 24.2 Å². The number of hydrogen-bond acceptors (Lipinski definition) is 4.